The van der Waals surface area contributed by atoms with E-state index in [9.17, 15) is 0 Å². The molecule has 0 saturated carbocycles. The largest absolute Gasteiger partial charge is 0.110 e. The third-order valence-corrected chi connectivity index (χ3v) is 3.33. The monoisotopic (exact) mass is 216 g/mol. The van der Waals surface area contributed by atoms with E-state index >= 15 is 0 Å². The molecule has 0 unspecified atom stereocenters. The molecule has 1 aromatic carbocycles. The number of hydrogen-bond acceptors (Lipinski definition) is 0. The Morgan fingerprint density at radius 1 is 1.17 bits per heavy atom. The fourth-order valence-corrected chi connectivity index (χ4v) is 2.28. The Morgan fingerprint density at radius 3 is 2.42 bits per heavy atom. The first-order valence-corrected chi connectivity index (χ1v) is 6.00. The van der Waals surface area contributed by atoms with Gasteiger partial charge in [-0.05, 0) is 12.0 Å². The maximum absolute atomic E-state index is 5.62. The average Bonchev–Trinajstić information content (AvgIpc) is 2.05. The van der Waals surface area contributed by atoms with E-state index in [0.717, 1.165) is 12.5 Å². The molecule has 1 aromatic rings. The average molecular weight is 217 g/mol. The maximum atomic E-state index is 5.62. The lowest BCUT2D eigenvalue weighted by atomic mass is 10.2. The Bertz CT molecular complexity index is 211. The summed E-state index contributed by atoms with van der Waals surface area (Å²) in [5.74, 6) is 0. The van der Waals surface area contributed by atoms with Gasteiger partial charge in [0.25, 0.3) is 0 Å². The maximum Gasteiger partial charge on any atom is 0.0929 e. The van der Waals surface area contributed by atoms with Gasteiger partial charge in [-0.3, -0.25) is 0 Å². The molecule has 2 radical (unpaired) electrons. The topological polar surface area (TPSA) is 0 Å². The zero-order valence-corrected chi connectivity index (χ0v) is 9.15. The highest BCUT2D eigenvalue weighted by atomic mass is 35.5. The number of halogens is 2. The predicted octanol–water partition coefficient (Wildman–Crippen LogP) is 3.11. The minimum absolute atomic E-state index is 0.186. The molecule has 0 aliphatic carbocycles. The normalized spacial score (nSPS) is 10.6. The first-order valence-electron chi connectivity index (χ1n) is 3.84. The number of aryl methyl sites for hydroxylation is 1. The molecule has 0 atom stereocenters. The molecule has 0 fully saturated rings. The molecule has 0 aliphatic rings. The minimum atomic E-state index is -0.186. The van der Waals surface area contributed by atoms with Crippen LogP contribution in [0.3, 0.4) is 0 Å². The molecule has 0 bridgehead atoms. The van der Waals surface area contributed by atoms with Crippen LogP contribution in [0.15, 0.2) is 30.3 Å². The molecule has 64 valence electrons. The number of benzene rings is 1. The van der Waals surface area contributed by atoms with Gasteiger partial charge in [-0.25, -0.2) is 0 Å². The number of hydrogen-bond donors (Lipinski definition) is 0. The van der Waals surface area contributed by atoms with Crippen LogP contribution in [-0.2, 0) is 6.42 Å². The lowest BCUT2D eigenvalue weighted by molar-refractivity contribution is 1.12. The summed E-state index contributed by atoms with van der Waals surface area (Å²) in [4.78, 5) is 0. The van der Waals surface area contributed by atoms with E-state index in [0.29, 0.717) is 9.52 Å². The smallest absolute Gasteiger partial charge is 0.0929 e. The van der Waals surface area contributed by atoms with E-state index in [4.69, 9.17) is 23.2 Å². The van der Waals surface area contributed by atoms with Crippen molar-refractivity contribution < 1.29 is 0 Å². The van der Waals surface area contributed by atoms with Crippen LogP contribution in [-0.4, -0.2) is 14.0 Å². The molecule has 0 nitrogen and oxygen atoms in total. The lowest BCUT2D eigenvalue weighted by Crippen LogP contribution is -2.01. The second kappa shape index (κ2) is 5.63. The van der Waals surface area contributed by atoms with Gasteiger partial charge < -0.3 is 0 Å². The summed E-state index contributed by atoms with van der Waals surface area (Å²) in [5.41, 5.74) is 1.36. The van der Waals surface area contributed by atoms with Gasteiger partial charge in [-0.1, -0.05) is 36.4 Å². The molecule has 3 heteroatoms. The van der Waals surface area contributed by atoms with E-state index in [1.165, 1.54) is 5.56 Å². The molecule has 0 amide bonds. The van der Waals surface area contributed by atoms with Crippen LogP contribution >= 0.6 is 23.2 Å². The second-order valence-electron chi connectivity index (χ2n) is 2.49. The van der Waals surface area contributed by atoms with Crippen molar-refractivity contribution in [1.29, 1.82) is 0 Å². The summed E-state index contributed by atoms with van der Waals surface area (Å²) in [7, 11) is 0.645. The Kier molecular flexibility index (Phi) is 4.74. The standard InChI is InChI=1S/C9H10Cl2Si/c10-9(11)12-7-6-8-4-2-1-3-5-8/h1-5,9H,6-7H2. The van der Waals surface area contributed by atoms with E-state index in [-0.39, 0.29) is 4.46 Å². The third kappa shape index (κ3) is 4.15. The molecule has 0 aromatic heterocycles. The first kappa shape index (κ1) is 10.1. The summed E-state index contributed by atoms with van der Waals surface area (Å²) in [6.07, 6.45) is 1.08. The summed E-state index contributed by atoms with van der Waals surface area (Å²) >= 11 is 11.2. The molecular weight excluding hydrogens is 207 g/mol. The molecule has 1 rings (SSSR count). The summed E-state index contributed by atoms with van der Waals surface area (Å²) in [5, 5.41) is 0. The fourth-order valence-electron chi connectivity index (χ4n) is 0.970. The molecular formula is C9H10Cl2Si. The van der Waals surface area contributed by atoms with Crippen molar-refractivity contribution in [2.75, 3.05) is 0 Å². The van der Waals surface area contributed by atoms with E-state index < -0.39 is 0 Å². The van der Waals surface area contributed by atoms with Gasteiger partial charge in [-0.15, -0.1) is 23.2 Å². The Hall–Kier alpha value is 0.0169. The molecule has 12 heavy (non-hydrogen) atoms. The fraction of sp³-hybridized carbons (Fsp3) is 0.333. The van der Waals surface area contributed by atoms with Gasteiger partial charge >= 0.3 is 0 Å². The van der Waals surface area contributed by atoms with Crippen molar-refractivity contribution in [3.63, 3.8) is 0 Å². The van der Waals surface area contributed by atoms with Crippen molar-refractivity contribution in [1.82, 2.24) is 0 Å². The molecule has 0 N–H and O–H groups in total. The predicted molar refractivity (Wildman–Crippen MR) is 56.2 cm³/mol. The van der Waals surface area contributed by atoms with Gasteiger partial charge in [0.05, 0.1) is 14.0 Å². The van der Waals surface area contributed by atoms with Gasteiger partial charge in [0, 0.05) is 0 Å². The SMILES string of the molecule is ClC(Cl)[Si]CCc1ccccc1. The van der Waals surface area contributed by atoms with E-state index in [1.807, 2.05) is 6.07 Å². The van der Waals surface area contributed by atoms with Gasteiger partial charge in [0.2, 0.25) is 0 Å². The minimum Gasteiger partial charge on any atom is -0.110 e. The van der Waals surface area contributed by atoms with Gasteiger partial charge in [0.1, 0.15) is 0 Å². The van der Waals surface area contributed by atoms with Gasteiger partial charge in [0.15, 0.2) is 0 Å². The molecule has 0 aliphatic heterocycles. The Morgan fingerprint density at radius 2 is 1.83 bits per heavy atom. The van der Waals surface area contributed by atoms with Gasteiger partial charge in [-0.2, -0.15) is 0 Å². The third-order valence-electron chi connectivity index (χ3n) is 1.56. The van der Waals surface area contributed by atoms with Crippen LogP contribution in [0, 0.1) is 0 Å². The first-order chi connectivity index (χ1) is 5.79. The summed E-state index contributed by atoms with van der Waals surface area (Å²) in [6, 6.07) is 11.5. The van der Waals surface area contributed by atoms with E-state index in [1.54, 1.807) is 0 Å². The molecule has 0 saturated heterocycles. The summed E-state index contributed by atoms with van der Waals surface area (Å²) < 4.78 is -0.186. The van der Waals surface area contributed by atoms with Crippen molar-refractivity contribution in [3.05, 3.63) is 35.9 Å². The van der Waals surface area contributed by atoms with Crippen molar-refractivity contribution >= 4 is 32.7 Å². The molecule has 0 spiro atoms. The van der Waals surface area contributed by atoms with Crippen molar-refractivity contribution in [2.45, 2.75) is 16.9 Å². The van der Waals surface area contributed by atoms with Crippen LogP contribution in [0.25, 0.3) is 0 Å². The second-order valence-corrected chi connectivity index (χ2v) is 5.80. The van der Waals surface area contributed by atoms with Crippen LogP contribution < -0.4 is 0 Å². The highest BCUT2D eigenvalue weighted by Crippen LogP contribution is 2.06. The van der Waals surface area contributed by atoms with Crippen molar-refractivity contribution in [2.24, 2.45) is 0 Å². The quantitative estimate of drug-likeness (QED) is 0.537. The number of alkyl halides is 2. The van der Waals surface area contributed by atoms with Crippen LogP contribution in [0.1, 0.15) is 5.56 Å². The lowest BCUT2D eigenvalue weighted by Gasteiger charge is -2.00. The van der Waals surface area contributed by atoms with E-state index in [2.05, 4.69) is 24.3 Å². The Labute approximate surface area is 85.7 Å². The number of rotatable bonds is 4. The summed E-state index contributed by atoms with van der Waals surface area (Å²) in [6.45, 7) is 0. The highest BCUT2D eigenvalue weighted by Gasteiger charge is 1.99. The van der Waals surface area contributed by atoms with Crippen LogP contribution in [0.2, 0.25) is 6.04 Å². The van der Waals surface area contributed by atoms with Crippen molar-refractivity contribution in [3.8, 4) is 0 Å². The zero-order chi connectivity index (χ0) is 8.81. The zero-order valence-electron chi connectivity index (χ0n) is 6.63. The Balaban J connectivity index is 2.25. The highest BCUT2D eigenvalue weighted by molar-refractivity contribution is 6.68. The van der Waals surface area contributed by atoms with Crippen LogP contribution in [0.5, 0.6) is 0 Å². The van der Waals surface area contributed by atoms with Crippen LogP contribution in [0.4, 0.5) is 0 Å². The molecule has 0 heterocycles.